The van der Waals surface area contributed by atoms with E-state index in [-0.39, 0.29) is 5.56 Å². The molecule has 4 rings (SSSR count). The van der Waals surface area contributed by atoms with Crippen molar-refractivity contribution in [2.24, 2.45) is 5.92 Å². The summed E-state index contributed by atoms with van der Waals surface area (Å²) in [6, 6.07) is 9.45. The summed E-state index contributed by atoms with van der Waals surface area (Å²) in [5, 5.41) is 0.952. The predicted molar refractivity (Wildman–Crippen MR) is 96.3 cm³/mol. The average Bonchev–Trinajstić information content (AvgIpc) is 2.77. The van der Waals surface area contributed by atoms with Crippen molar-refractivity contribution in [1.82, 2.24) is 14.5 Å². The lowest BCUT2D eigenvalue weighted by Gasteiger charge is -2.12. The van der Waals surface area contributed by atoms with Gasteiger partial charge >= 0.3 is 0 Å². The maximum atomic E-state index is 12.9. The van der Waals surface area contributed by atoms with Crippen LogP contribution in [0.2, 0.25) is 5.02 Å². The molecule has 0 N–H and O–H groups in total. The van der Waals surface area contributed by atoms with Gasteiger partial charge in [0, 0.05) is 24.7 Å². The molecule has 1 unspecified atom stereocenters. The molecule has 0 spiro atoms. The lowest BCUT2D eigenvalue weighted by Crippen LogP contribution is -2.24. The fourth-order valence-corrected chi connectivity index (χ4v) is 3.61. The highest BCUT2D eigenvalue weighted by molar-refractivity contribution is 6.35. The molecule has 2 aromatic heterocycles. The Labute approximate surface area is 145 Å². The molecule has 3 aromatic rings. The first kappa shape index (κ1) is 15.3. The van der Waals surface area contributed by atoms with E-state index in [0.29, 0.717) is 21.8 Å². The van der Waals surface area contributed by atoms with Crippen LogP contribution in [0.15, 0.2) is 41.3 Å². The van der Waals surface area contributed by atoms with Crippen LogP contribution in [0.4, 0.5) is 0 Å². The summed E-state index contributed by atoms with van der Waals surface area (Å²) < 4.78 is 1.80. The number of hydrogen-bond acceptors (Lipinski definition) is 3. The summed E-state index contributed by atoms with van der Waals surface area (Å²) in [6.07, 6.45) is 4.64. The van der Waals surface area contributed by atoms with Crippen molar-refractivity contribution in [3.63, 3.8) is 0 Å². The van der Waals surface area contributed by atoms with Crippen molar-refractivity contribution in [3.8, 4) is 11.3 Å². The number of fused-ring (bicyclic) bond motifs is 2. The van der Waals surface area contributed by atoms with Gasteiger partial charge in [-0.3, -0.25) is 14.3 Å². The van der Waals surface area contributed by atoms with E-state index in [2.05, 4.69) is 11.9 Å². The van der Waals surface area contributed by atoms with Gasteiger partial charge in [0.2, 0.25) is 0 Å². The van der Waals surface area contributed by atoms with Gasteiger partial charge in [-0.05, 0) is 43.0 Å². The topological polar surface area (TPSA) is 47.8 Å². The van der Waals surface area contributed by atoms with Crippen LogP contribution < -0.4 is 5.56 Å². The molecule has 0 fully saturated rings. The van der Waals surface area contributed by atoms with Crippen molar-refractivity contribution in [2.75, 3.05) is 0 Å². The third kappa shape index (κ3) is 2.61. The molecule has 0 bridgehead atoms. The quantitative estimate of drug-likeness (QED) is 0.671. The molecule has 1 atom stereocenters. The molecular formula is C19H18ClN3O. The van der Waals surface area contributed by atoms with Crippen molar-refractivity contribution >= 4 is 22.5 Å². The minimum absolute atomic E-state index is 0.0262. The monoisotopic (exact) mass is 339 g/mol. The van der Waals surface area contributed by atoms with E-state index in [1.165, 1.54) is 0 Å². The maximum Gasteiger partial charge on any atom is 0.262 e. The number of hydrogen-bond donors (Lipinski definition) is 0. The molecule has 0 radical (unpaired) electrons. The van der Waals surface area contributed by atoms with E-state index in [0.717, 1.165) is 42.9 Å². The zero-order valence-corrected chi connectivity index (χ0v) is 14.3. The van der Waals surface area contributed by atoms with Crippen molar-refractivity contribution in [3.05, 3.63) is 57.7 Å². The minimum Gasteiger partial charge on any atom is -0.296 e. The molecule has 3 heterocycles. The van der Waals surface area contributed by atoms with Gasteiger partial charge in [-0.15, -0.1) is 0 Å². The van der Waals surface area contributed by atoms with E-state index >= 15 is 0 Å². The van der Waals surface area contributed by atoms with Crippen LogP contribution in [0.5, 0.6) is 0 Å². The highest BCUT2D eigenvalue weighted by atomic mass is 35.5. The lowest BCUT2D eigenvalue weighted by atomic mass is 10.0. The molecule has 0 saturated carbocycles. The Bertz CT molecular complexity index is 966. The summed E-state index contributed by atoms with van der Waals surface area (Å²) in [5.41, 5.74) is 2.34. The number of pyridine rings is 1. The molecule has 1 aliphatic rings. The Kier molecular flexibility index (Phi) is 3.85. The van der Waals surface area contributed by atoms with E-state index in [4.69, 9.17) is 16.6 Å². The van der Waals surface area contributed by atoms with E-state index in [1.807, 2.05) is 30.3 Å². The average molecular weight is 340 g/mol. The number of benzene rings is 1. The molecule has 5 heteroatoms. The Hall–Kier alpha value is -2.20. The number of halogens is 1. The smallest absolute Gasteiger partial charge is 0.262 e. The Morgan fingerprint density at radius 1 is 1.25 bits per heavy atom. The third-order valence-electron chi connectivity index (χ3n) is 4.76. The van der Waals surface area contributed by atoms with Gasteiger partial charge in [0.1, 0.15) is 5.82 Å². The second-order valence-electron chi connectivity index (χ2n) is 6.48. The molecule has 4 nitrogen and oxygen atoms in total. The van der Waals surface area contributed by atoms with Gasteiger partial charge in [0.05, 0.1) is 21.6 Å². The Morgan fingerprint density at radius 2 is 2.12 bits per heavy atom. The van der Waals surface area contributed by atoms with Crippen molar-refractivity contribution in [2.45, 2.75) is 32.7 Å². The van der Waals surface area contributed by atoms with Crippen LogP contribution in [0.1, 0.15) is 25.6 Å². The zero-order valence-electron chi connectivity index (χ0n) is 13.5. The molecular weight excluding hydrogens is 322 g/mol. The standard InChI is InChI=1S/C19H18ClN3O/c1-12-5-6-17-22-16-11-13(15-4-2-3-8-21-15)10-14(20)18(16)19(24)23(17)9-7-12/h2-4,8,10-12H,5-7,9H2,1H3. The van der Waals surface area contributed by atoms with Gasteiger partial charge in [0.15, 0.2) is 0 Å². The number of aromatic nitrogens is 3. The summed E-state index contributed by atoms with van der Waals surface area (Å²) in [7, 11) is 0. The van der Waals surface area contributed by atoms with Gasteiger partial charge < -0.3 is 0 Å². The highest BCUT2D eigenvalue weighted by Crippen LogP contribution is 2.28. The van der Waals surface area contributed by atoms with Crippen molar-refractivity contribution in [1.29, 1.82) is 0 Å². The lowest BCUT2D eigenvalue weighted by molar-refractivity contribution is 0.484. The van der Waals surface area contributed by atoms with Gasteiger partial charge in [0.25, 0.3) is 5.56 Å². The van der Waals surface area contributed by atoms with Gasteiger partial charge in [-0.1, -0.05) is 24.6 Å². The van der Waals surface area contributed by atoms with Crippen LogP contribution in [0.3, 0.4) is 0 Å². The number of nitrogens with zero attached hydrogens (tertiary/aromatic N) is 3. The predicted octanol–water partition coefficient (Wildman–Crippen LogP) is 4.08. The minimum atomic E-state index is -0.0262. The number of rotatable bonds is 1. The zero-order chi connectivity index (χ0) is 16.7. The third-order valence-corrected chi connectivity index (χ3v) is 5.05. The van der Waals surface area contributed by atoms with E-state index in [9.17, 15) is 4.79 Å². The summed E-state index contributed by atoms with van der Waals surface area (Å²) in [4.78, 5) is 22.1. The van der Waals surface area contributed by atoms with E-state index in [1.54, 1.807) is 10.8 Å². The van der Waals surface area contributed by atoms with Crippen LogP contribution in [-0.4, -0.2) is 14.5 Å². The second kappa shape index (κ2) is 6.02. The summed E-state index contributed by atoms with van der Waals surface area (Å²) in [6.45, 7) is 2.94. The fraction of sp³-hybridized carbons (Fsp3) is 0.316. The Morgan fingerprint density at radius 3 is 2.92 bits per heavy atom. The van der Waals surface area contributed by atoms with Gasteiger partial charge in [-0.25, -0.2) is 4.98 Å². The largest absolute Gasteiger partial charge is 0.296 e. The second-order valence-corrected chi connectivity index (χ2v) is 6.89. The SMILES string of the molecule is CC1CCc2nc3cc(-c4ccccn4)cc(Cl)c3c(=O)n2CC1. The van der Waals surface area contributed by atoms with Crippen LogP contribution in [-0.2, 0) is 13.0 Å². The molecule has 0 amide bonds. The Balaban J connectivity index is 1.95. The van der Waals surface area contributed by atoms with Crippen molar-refractivity contribution < 1.29 is 0 Å². The molecule has 0 saturated heterocycles. The molecule has 0 aliphatic carbocycles. The molecule has 122 valence electrons. The number of aryl methyl sites for hydroxylation is 1. The fourth-order valence-electron chi connectivity index (χ4n) is 3.32. The normalized spacial score (nSPS) is 17.5. The molecule has 24 heavy (non-hydrogen) atoms. The van der Waals surface area contributed by atoms with Crippen LogP contribution in [0, 0.1) is 5.92 Å². The van der Waals surface area contributed by atoms with Gasteiger partial charge in [-0.2, -0.15) is 0 Å². The molecule has 1 aromatic carbocycles. The maximum absolute atomic E-state index is 12.9. The first-order chi connectivity index (χ1) is 11.6. The first-order valence-electron chi connectivity index (χ1n) is 8.28. The summed E-state index contributed by atoms with van der Waals surface area (Å²) in [5.74, 6) is 1.47. The first-order valence-corrected chi connectivity index (χ1v) is 8.65. The highest BCUT2D eigenvalue weighted by Gasteiger charge is 2.19. The van der Waals surface area contributed by atoms with Crippen LogP contribution in [0.25, 0.3) is 22.2 Å². The van der Waals surface area contributed by atoms with E-state index < -0.39 is 0 Å². The van der Waals surface area contributed by atoms with Crippen LogP contribution >= 0.6 is 11.6 Å². The summed E-state index contributed by atoms with van der Waals surface area (Å²) >= 11 is 6.45. The molecule has 1 aliphatic heterocycles.